The number of imide groups is 1. The molecule has 0 bridgehead atoms. The number of hydrogen-bond donors (Lipinski definition) is 1. The first kappa shape index (κ1) is 26.1. The minimum absolute atomic E-state index is 0.117. The normalized spacial score (nSPS) is 10.9. The van der Waals surface area contributed by atoms with Crippen molar-refractivity contribution < 1.29 is 24.2 Å². The predicted molar refractivity (Wildman–Crippen MR) is 137 cm³/mol. The number of rotatable bonds is 9. The molecule has 0 aliphatic rings. The molecule has 0 saturated carbocycles. The molecule has 8 nitrogen and oxygen atoms in total. The van der Waals surface area contributed by atoms with E-state index in [9.17, 15) is 19.5 Å². The Kier molecular flexibility index (Phi) is 8.40. The third-order valence-electron chi connectivity index (χ3n) is 5.88. The van der Waals surface area contributed by atoms with Crippen molar-refractivity contribution >= 4 is 46.1 Å². The standard InChI is InChI=1S/C26H30ClN3O5/c1-5-6-9-12-29(21-15-19(27)17(2)13-23(21)35-4)26(34)28(3)25(33)22-14-18-10-7-8-11-20(18)30(22)16-24(31)32/h7-8,10-11,13-15H,5-6,9,12,16H2,1-4H3,(H,31,32). The van der Waals surface area contributed by atoms with Crippen molar-refractivity contribution in [2.24, 2.45) is 0 Å². The molecular formula is C26H30ClN3O5. The highest BCUT2D eigenvalue weighted by atomic mass is 35.5. The van der Waals surface area contributed by atoms with Crippen LogP contribution in [0.25, 0.3) is 10.9 Å². The van der Waals surface area contributed by atoms with Crippen LogP contribution in [0.4, 0.5) is 10.5 Å². The Morgan fingerprint density at radius 3 is 2.49 bits per heavy atom. The van der Waals surface area contributed by atoms with Gasteiger partial charge in [-0.1, -0.05) is 49.6 Å². The van der Waals surface area contributed by atoms with Crippen LogP contribution >= 0.6 is 11.6 Å². The highest BCUT2D eigenvalue weighted by Crippen LogP contribution is 2.35. The molecule has 3 rings (SSSR count). The summed E-state index contributed by atoms with van der Waals surface area (Å²) in [6.07, 6.45) is 2.58. The van der Waals surface area contributed by atoms with Crippen LogP contribution in [0.5, 0.6) is 5.75 Å². The molecule has 3 amide bonds. The number of benzene rings is 2. The summed E-state index contributed by atoms with van der Waals surface area (Å²) in [7, 11) is 2.91. The second-order valence-corrected chi connectivity index (χ2v) is 8.75. The first-order valence-electron chi connectivity index (χ1n) is 11.4. The predicted octanol–water partition coefficient (Wildman–Crippen LogP) is 5.59. The average molecular weight is 500 g/mol. The van der Waals surface area contributed by atoms with Gasteiger partial charge in [-0.05, 0) is 43.2 Å². The maximum Gasteiger partial charge on any atom is 0.331 e. The van der Waals surface area contributed by atoms with E-state index in [0.717, 1.165) is 29.7 Å². The number of fused-ring (bicyclic) bond motifs is 1. The third kappa shape index (κ3) is 5.59. The van der Waals surface area contributed by atoms with Crippen LogP contribution in [0.15, 0.2) is 42.5 Å². The fraction of sp³-hybridized carbons (Fsp3) is 0.346. The molecule has 0 spiro atoms. The number of aryl methyl sites for hydroxylation is 1. The summed E-state index contributed by atoms with van der Waals surface area (Å²) >= 11 is 6.37. The Hall–Kier alpha value is -3.52. The van der Waals surface area contributed by atoms with Crippen LogP contribution in [0.1, 0.15) is 42.2 Å². The van der Waals surface area contributed by atoms with Crippen LogP contribution in [-0.4, -0.2) is 53.2 Å². The van der Waals surface area contributed by atoms with Gasteiger partial charge in [0.25, 0.3) is 5.91 Å². The van der Waals surface area contributed by atoms with E-state index in [1.54, 1.807) is 42.5 Å². The van der Waals surface area contributed by atoms with Gasteiger partial charge in [-0.2, -0.15) is 0 Å². The number of carboxylic acid groups (broad SMARTS) is 1. The minimum Gasteiger partial charge on any atom is -0.495 e. The molecular weight excluding hydrogens is 470 g/mol. The summed E-state index contributed by atoms with van der Waals surface area (Å²) < 4.78 is 6.93. The van der Waals surface area contributed by atoms with Gasteiger partial charge in [0.2, 0.25) is 0 Å². The quantitative estimate of drug-likeness (QED) is 0.388. The molecule has 3 aromatic rings. The van der Waals surface area contributed by atoms with Crippen molar-refractivity contribution in [2.45, 2.75) is 39.7 Å². The van der Waals surface area contributed by atoms with Crippen LogP contribution in [0.2, 0.25) is 5.02 Å². The van der Waals surface area contributed by atoms with Crippen molar-refractivity contribution in [1.82, 2.24) is 9.47 Å². The Labute approximate surface area is 209 Å². The number of hydrogen-bond acceptors (Lipinski definition) is 4. The van der Waals surface area contributed by atoms with Gasteiger partial charge in [-0.25, -0.2) is 4.79 Å². The van der Waals surface area contributed by atoms with Crippen LogP contribution < -0.4 is 9.64 Å². The maximum atomic E-state index is 13.7. The molecule has 1 N–H and O–H groups in total. The number of aliphatic carboxylic acids is 1. The molecule has 0 aliphatic carbocycles. The highest BCUT2D eigenvalue weighted by Gasteiger charge is 2.30. The number of para-hydroxylation sites is 1. The number of urea groups is 1. The number of carbonyl (C=O) groups excluding carboxylic acids is 2. The zero-order valence-corrected chi connectivity index (χ0v) is 21.1. The van der Waals surface area contributed by atoms with E-state index < -0.39 is 24.5 Å². The monoisotopic (exact) mass is 499 g/mol. The number of carboxylic acids is 1. The van der Waals surface area contributed by atoms with Crippen LogP contribution in [-0.2, 0) is 11.3 Å². The van der Waals surface area contributed by atoms with Crippen molar-refractivity contribution in [2.75, 3.05) is 25.6 Å². The molecule has 35 heavy (non-hydrogen) atoms. The largest absolute Gasteiger partial charge is 0.495 e. The SMILES string of the molecule is CCCCCN(C(=O)N(C)C(=O)c1cc2ccccc2n1CC(=O)O)c1cc(Cl)c(C)cc1OC. The maximum absolute atomic E-state index is 13.7. The van der Waals surface area contributed by atoms with E-state index >= 15 is 0 Å². The van der Waals surface area contributed by atoms with Gasteiger partial charge in [0.05, 0.1) is 12.8 Å². The summed E-state index contributed by atoms with van der Waals surface area (Å²) in [5.41, 5.74) is 1.99. The van der Waals surface area contributed by atoms with E-state index in [-0.39, 0.29) is 5.69 Å². The molecule has 9 heteroatoms. The van der Waals surface area contributed by atoms with Crippen molar-refractivity contribution in [3.63, 3.8) is 0 Å². The Morgan fingerprint density at radius 1 is 1.11 bits per heavy atom. The minimum atomic E-state index is -1.09. The smallest absolute Gasteiger partial charge is 0.331 e. The number of nitrogens with zero attached hydrogens (tertiary/aromatic N) is 3. The van der Waals surface area contributed by atoms with Crippen LogP contribution in [0, 0.1) is 6.92 Å². The first-order chi connectivity index (χ1) is 16.7. The van der Waals surface area contributed by atoms with Crippen LogP contribution in [0.3, 0.4) is 0 Å². The van der Waals surface area contributed by atoms with Gasteiger partial charge in [0, 0.05) is 29.5 Å². The molecule has 0 unspecified atom stereocenters. The van der Waals surface area contributed by atoms with E-state index in [2.05, 4.69) is 6.92 Å². The summed E-state index contributed by atoms with van der Waals surface area (Å²) in [4.78, 5) is 41.2. The number of carbonyl (C=O) groups is 3. The molecule has 0 saturated heterocycles. The Morgan fingerprint density at radius 2 is 1.83 bits per heavy atom. The third-order valence-corrected chi connectivity index (χ3v) is 6.29. The number of aromatic nitrogens is 1. The van der Waals surface area contributed by atoms with Gasteiger partial charge in [0.15, 0.2) is 0 Å². The lowest BCUT2D eigenvalue weighted by molar-refractivity contribution is -0.137. The van der Waals surface area contributed by atoms with Gasteiger partial charge < -0.3 is 14.4 Å². The lowest BCUT2D eigenvalue weighted by Crippen LogP contribution is -2.45. The molecule has 1 heterocycles. The topological polar surface area (TPSA) is 92.1 Å². The number of amides is 3. The summed E-state index contributed by atoms with van der Waals surface area (Å²) in [5.74, 6) is -1.22. The number of methoxy groups -OCH3 is 1. The summed E-state index contributed by atoms with van der Waals surface area (Å²) in [6.45, 7) is 3.86. The number of halogens is 1. The first-order valence-corrected chi connectivity index (χ1v) is 11.8. The van der Waals surface area contributed by atoms with E-state index in [1.165, 1.54) is 23.6 Å². The fourth-order valence-corrected chi connectivity index (χ4v) is 4.15. The molecule has 0 aliphatic heterocycles. The number of unbranched alkanes of at least 4 members (excludes halogenated alkanes) is 2. The molecule has 0 radical (unpaired) electrons. The zero-order chi connectivity index (χ0) is 25.7. The lowest BCUT2D eigenvalue weighted by Gasteiger charge is -2.29. The summed E-state index contributed by atoms with van der Waals surface area (Å²) in [6, 6.07) is 11.6. The summed E-state index contributed by atoms with van der Waals surface area (Å²) in [5, 5.41) is 10.6. The van der Waals surface area contributed by atoms with E-state index in [4.69, 9.17) is 16.3 Å². The van der Waals surface area contributed by atoms with Crippen molar-refractivity contribution in [3.8, 4) is 5.75 Å². The van der Waals surface area contributed by atoms with Crippen molar-refractivity contribution in [1.29, 1.82) is 0 Å². The average Bonchev–Trinajstić information content (AvgIpc) is 3.20. The van der Waals surface area contributed by atoms with Gasteiger partial charge in [-0.3, -0.25) is 19.4 Å². The molecule has 0 atom stereocenters. The van der Waals surface area contributed by atoms with E-state index in [0.29, 0.717) is 33.9 Å². The van der Waals surface area contributed by atoms with E-state index in [1.807, 2.05) is 6.92 Å². The molecule has 1 aromatic heterocycles. The zero-order valence-electron chi connectivity index (χ0n) is 20.4. The van der Waals surface area contributed by atoms with Gasteiger partial charge >= 0.3 is 12.0 Å². The van der Waals surface area contributed by atoms with Gasteiger partial charge in [0.1, 0.15) is 18.0 Å². The fourth-order valence-electron chi connectivity index (χ4n) is 3.99. The second-order valence-electron chi connectivity index (χ2n) is 8.35. The molecule has 2 aromatic carbocycles. The highest BCUT2D eigenvalue weighted by molar-refractivity contribution is 6.31. The molecule has 186 valence electrons. The number of anilines is 1. The Bertz CT molecular complexity index is 1250. The molecule has 0 fully saturated rings. The number of ether oxygens (including phenoxy) is 1. The second kappa shape index (κ2) is 11.3. The lowest BCUT2D eigenvalue weighted by atomic mass is 10.1. The Balaban J connectivity index is 2.02. The van der Waals surface area contributed by atoms with Gasteiger partial charge in [-0.15, -0.1) is 0 Å². The van der Waals surface area contributed by atoms with Crippen molar-refractivity contribution in [3.05, 3.63) is 58.7 Å².